The number of aromatic carboxylic acids is 1. The van der Waals surface area contributed by atoms with Crippen molar-refractivity contribution in [3.63, 3.8) is 0 Å². The van der Waals surface area contributed by atoms with Gasteiger partial charge in [0.15, 0.2) is 5.69 Å². The highest BCUT2D eigenvalue weighted by molar-refractivity contribution is 5.87. The number of rotatable bonds is 4. The molecule has 0 spiro atoms. The number of hydrogen-bond donors (Lipinski definition) is 2. The van der Waals surface area contributed by atoms with E-state index in [1.165, 1.54) is 10.7 Å². The Hall–Kier alpha value is -1.95. The Morgan fingerprint density at radius 1 is 1.62 bits per heavy atom. The topological polar surface area (TPSA) is 87.7 Å². The Kier molecular flexibility index (Phi) is 3.96. The predicted molar refractivity (Wildman–Crippen MR) is 59.2 cm³/mol. The highest BCUT2D eigenvalue weighted by atomic mass is 16.4. The number of aliphatic imine (C=N–C) groups is 1. The van der Waals surface area contributed by atoms with Crippen LogP contribution in [0, 0.1) is 0 Å². The quantitative estimate of drug-likeness (QED) is 0.745. The van der Waals surface area contributed by atoms with Crippen molar-refractivity contribution in [2.45, 2.75) is 20.5 Å². The average molecular weight is 223 g/mol. The third kappa shape index (κ3) is 2.34. The van der Waals surface area contributed by atoms with Crippen molar-refractivity contribution in [1.29, 1.82) is 0 Å². The maximum Gasteiger partial charge on any atom is 0.354 e. The van der Waals surface area contributed by atoms with Crippen LogP contribution in [0.1, 0.15) is 30.0 Å². The van der Waals surface area contributed by atoms with E-state index in [0.29, 0.717) is 11.5 Å². The molecule has 2 N–H and O–H groups in total. The summed E-state index contributed by atoms with van der Waals surface area (Å²) in [7, 11) is 0. The molecule has 16 heavy (non-hydrogen) atoms. The number of aliphatic hydroxyl groups excluding tert-OH is 1. The molecule has 1 aromatic heterocycles. The summed E-state index contributed by atoms with van der Waals surface area (Å²) in [5, 5.41) is 21.8. The lowest BCUT2D eigenvalue weighted by Gasteiger charge is -2.03. The molecule has 0 aliphatic heterocycles. The highest BCUT2D eigenvalue weighted by Gasteiger charge is 2.15. The van der Waals surface area contributed by atoms with Crippen molar-refractivity contribution in [2.24, 2.45) is 4.99 Å². The molecule has 1 rings (SSSR count). The highest BCUT2D eigenvalue weighted by Crippen LogP contribution is 2.12. The van der Waals surface area contributed by atoms with E-state index in [9.17, 15) is 4.79 Å². The number of carboxylic acids is 1. The van der Waals surface area contributed by atoms with E-state index in [4.69, 9.17) is 10.2 Å². The Morgan fingerprint density at radius 2 is 2.31 bits per heavy atom. The summed E-state index contributed by atoms with van der Waals surface area (Å²) in [4.78, 5) is 14.9. The Bertz CT molecular complexity index is 446. The zero-order valence-corrected chi connectivity index (χ0v) is 9.08. The third-order valence-electron chi connectivity index (χ3n) is 1.88. The Morgan fingerprint density at radius 3 is 2.75 bits per heavy atom. The molecule has 0 amide bonds. The van der Waals surface area contributed by atoms with E-state index < -0.39 is 5.97 Å². The van der Waals surface area contributed by atoms with Crippen LogP contribution in [0.15, 0.2) is 17.1 Å². The van der Waals surface area contributed by atoms with Crippen molar-refractivity contribution in [3.8, 4) is 0 Å². The van der Waals surface area contributed by atoms with Gasteiger partial charge in [0, 0.05) is 6.21 Å². The van der Waals surface area contributed by atoms with E-state index in [0.717, 1.165) is 0 Å². The normalized spacial score (nSPS) is 12.3. The second-order valence-corrected chi connectivity index (χ2v) is 2.93. The number of allylic oxidation sites excluding steroid dienone is 1. The molecule has 6 nitrogen and oxygen atoms in total. The molecule has 0 aromatic carbocycles. The van der Waals surface area contributed by atoms with Gasteiger partial charge in [-0.3, -0.25) is 0 Å². The lowest BCUT2D eigenvalue weighted by atomic mass is 10.3. The lowest BCUT2D eigenvalue weighted by Crippen LogP contribution is -2.08. The maximum absolute atomic E-state index is 11.0. The summed E-state index contributed by atoms with van der Waals surface area (Å²) in [5.41, 5.74) is 0.269. The van der Waals surface area contributed by atoms with Crippen LogP contribution in [0.2, 0.25) is 0 Å². The molecule has 0 atom stereocenters. The van der Waals surface area contributed by atoms with Gasteiger partial charge in [0.05, 0.1) is 12.3 Å². The van der Waals surface area contributed by atoms with Crippen molar-refractivity contribution >= 4 is 18.0 Å². The van der Waals surface area contributed by atoms with Gasteiger partial charge in [0.25, 0.3) is 0 Å². The zero-order valence-electron chi connectivity index (χ0n) is 9.08. The first kappa shape index (κ1) is 12.1. The first-order valence-corrected chi connectivity index (χ1v) is 4.72. The standard InChI is InChI=1S/C10H13N3O3/c1-3-9(11-4-2)13-8(10(15)16)5-7(6-14)12-13/h3-5,14H,6H2,1-2H3,(H,15,16)/b9-3+,11-4?. The number of nitrogens with zero attached hydrogens (tertiary/aromatic N) is 3. The van der Waals surface area contributed by atoms with Crippen LogP contribution < -0.4 is 0 Å². The minimum absolute atomic E-state index is 0.0252. The second-order valence-electron chi connectivity index (χ2n) is 2.93. The molecule has 6 heteroatoms. The van der Waals surface area contributed by atoms with E-state index in [-0.39, 0.29) is 12.3 Å². The van der Waals surface area contributed by atoms with Crippen molar-refractivity contribution in [3.05, 3.63) is 23.5 Å². The van der Waals surface area contributed by atoms with Crippen molar-refractivity contribution in [1.82, 2.24) is 9.78 Å². The second kappa shape index (κ2) is 5.22. The average Bonchev–Trinajstić information content (AvgIpc) is 2.69. The first-order valence-electron chi connectivity index (χ1n) is 4.72. The van der Waals surface area contributed by atoms with Gasteiger partial charge in [-0.15, -0.1) is 0 Å². The minimum atomic E-state index is -1.11. The van der Waals surface area contributed by atoms with Gasteiger partial charge in [-0.1, -0.05) is 0 Å². The molecule has 0 saturated carbocycles. The monoisotopic (exact) mass is 223 g/mol. The van der Waals surface area contributed by atoms with Crippen LogP contribution >= 0.6 is 0 Å². The zero-order chi connectivity index (χ0) is 12.1. The lowest BCUT2D eigenvalue weighted by molar-refractivity contribution is 0.0687. The van der Waals surface area contributed by atoms with E-state index in [2.05, 4.69) is 10.1 Å². The van der Waals surface area contributed by atoms with E-state index in [1.807, 2.05) is 0 Å². The molecule has 86 valence electrons. The molecule has 0 saturated heterocycles. The van der Waals surface area contributed by atoms with E-state index in [1.54, 1.807) is 26.1 Å². The van der Waals surface area contributed by atoms with Gasteiger partial charge < -0.3 is 10.2 Å². The van der Waals surface area contributed by atoms with Gasteiger partial charge in [-0.25, -0.2) is 14.5 Å². The molecule has 1 heterocycles. The maximum atomic E-state index is 11.0. The molecule has 0 bridgehead atoms. The van der Waals surface area contributed by atoms with Crippen molar-refractivity contribution < 1.29 is 15.0 Å². The van der Waals surface area contributed by atoms with Gasteiger partial charge in [-0.05, 0) is 26.0 Å². The van der Waals surface area contributed by atoms with Gasteiger partial charge in [-0.2, -0.15) is 5.10 Å². The fraction of sp³-hybridized carbons (Fsp3) is 0.300. The number of aromatic nitrogens is 2. The van der Waals surface area contributed by atoms with Crippen molar-refractivity contribution in [2.75, 3.05) is 0 Å². The fourth-order valence-corrected chi connectivity index (χ4v) is 1.22. The van der Waals surface area contributed by atoms with Crippen LogP contribution in [0.5, 0.6) is 0 Å². The van der Waals surface area contributed by atoms with Crippen LogP contribution in [0.25, 0.3) is 5.82 Å². The smallest absolute Gasteiger partial charge is 0.354 e. The summed E-state index contributed by atoms with van der Waals surface area (Å²) in [5.74, 6) is -0.711. The number of aliphatic hydroxyl groups is 1. The predicted octanol–water partition coefficient (Wildman–Crippen LogP) is 0.983. The molecule has 0 unspecified atom stereocenters. The van der Waals surface area contributed by atoms with E-state index >= 15 is 0 Å². The summed E-state index contributed by atoms with van der Waals surface area (Å²) < 4.78 is 1.19. The first-order chi connectivity index (χ1) is 7.63. The van der Waals surface area contributed by atoms with Crippen LogP contribution in [0.4, 0.5) is 0 Å². The van der Waals surface area contributed by atoms with Crippen LogP contribution in [0.3, 0.4) is 0 Å². The Labute approximate surface area is 92.5 Å². The summed E-state index contributed by atoms with van der Waals surface area (Å²) in [6, 6.07) is 1.32. The van der Waals surface area contributed by atoms with Crippen LogP contribution in [-0.2, 0) is 6.61 Å². The molecular formula is C10H13N3O3. The fourth-order valence-electron chi connectivity index (χ4n) is 1.22. The molecule has 0 aliphatic carbocycles. The molecule has 0 radical (unpaired) electrons. The molecule has 0 fully saturated rings. The Balaban J connectivity index is 3.30. The number of carboxylic acid groups (broad SMARTS) is 1. The van der Waals surface area contributed by atoms with Gasteiger partial charge in [0.1, 0.15) is 5.82 Å². The summed E-state index contributed by atoms with van der Waals surface area (Å²) in [6.07, 6.45) is 3.18. The minimum Gasteiger partial charge on any atom is -0.477 e. The molecule has 0 aliphatic rings. The largest absolute Gasteiger partial charge is 0.477 e. The summed E-state index contributed by atoms with van der Waals surface area (Å²) >= 11 is 0. The summed E-state index contributed by atoms with van der Waals surface area (Å²) in [6.45, 7) is 3.15. The van der Waals surface area contributed by atoms with Gasteiger partial charge in [0.2, 0.25) is 0 Å². The van der Waals surface area contributed by atoms with Gasteiger partial charge >= 0.3 is 5.97 Å². The van der Waals surface area contributed by atoms with Crippen LogP contribution in [-0.4, -0.2) is 32.2 Å². The SMILES string of the molecule is CC=N/C(=C\C)n1nc(CO)cc1C(=O)O. The number of carbonyl (C=O) groups is 1. The third-order valence-corrected chi connectivity index (χ3v) is 1.88. The molecule has 1 aromatic rings. The number of hydrogen-bond acceptors (Lipinski definition) is 4. The molecular weight excluding hydrogens is 210 g/mol.